The van der Waals surface area contributed by atoms with Gasteiger partial charge in [-0.05, 0) is 0 Å². The lowest BCUT2D eigenvalue weighted by molar-refractivity contribution is -0.139. The predicted molar refractivity (Wildman–Crippen MR) is 49.1 cm³/mol. The molecule has 1 aliphatic heterocycles. The van der Waals surface area contributed by atoms with Crippen LogP contribution in [0, 0.1) is 0 Å². The van der Waals surface area contributed by atoms with Crippen molar-refractivity contribution in [3.63, 3.8) is 0 Å². The highest BCUT2D eigenvalue weighted by Crippen LogP contribution is 1.94. The van der Waals surface area contributed by atoms with Gasteiger partial charge in [-0.3, -0.25) is 18.8 Å². The van der Waals surface area contributed by atoms with Crippen LogP contribution >= 0.6 is 0 Å². The molecular weight excluding hydrogens is 230 g/mol. The number of carboxylic acid groups (broad SMARTS) is 1. The van der Waals surface area contributed by atoms with Crippen molar-refractivity contribution in [2.45, 2.75) is 0 Å². The van der Waals surface area contributed by atoms with E-state index in [-0.39, 0.29) is 6.54 Å². The second-order valence-electron chi connectivity index (χ2n) is 2.73. The van der Waals surface area contributed by atoms with Gasteiger partial charge in [-0.15, -0.1) is 0 Å². The average molecular weight is 243 g/mol. The van der Waals surface area contributed by atoms with Crippen molar-refractivity contribution in [3.8, 4) is 0 Å². The van der Waals surface area contributed by atoms with Gasteiger partial charge in [0, 0.05) is 13.1 Å². The molecule has 0 aliphatic carbocycles. The maximum absolute atomic E-state index is 10.2. The molecule has 1 rings (SSSR count). The standard InChI is InChI=1S/C6H11NO3.H2O4S/c8-6(9)5-7-1-3-10-4-2-7;1-5(2,3)4/h1-5H2,(H,8,9);(H2,1,2,3,4). The van der Waals surface area contributed by atoms with Crippen LogP contribution < -0.4 is 0 Å². The van der Waals surface area contributed by atoms with E-state index in [9.17, 15) is 4.79 Å². The van der Waals surface area contributed by atoms with Crippen LogP contribution in [0.5, 0.6) is 0 Å². The Kier molecular flexibility index (Phi) is 6.36. The Morgan fingerprint density at radius 2 is 1.67 bits per heavy atom. The lowest BCUT2D eigenvalue weighted by atomic mass is 10.4. The number of hydrogen-bond donors (Lipinski definition) is 3. The molecule has 1 aliphatic rings. The maximum atomic E-state index is 10.2. The molecule has 0 aromatic heterocycles. The van der Waals surface area contributed by atoms with Crippen LogP contribution in [0.15, 0.2) is 0 Å². The topological polar surface area (TPSA) is 124 Å². The summed E-state index contributed by atoms with van der Waals surface area (Å²) in [6.07, 6.45) is 0. The third kappa shape index (κ3) is 13.3. The summed E-state index contributed by atoms with van der Waals surface area (Å²) in [5.74, 6) is -0.762. The summed E-state index contributed by atoms with van der Waals surface area (Å²) in [4.78, 5) is 12.1. The van der Waals surface area contributed by atoms with E-state index < -0.39 is 16.4 Å². The predicted octanol–water partition coefficient (Wildman–Crippen LogP) is -1.25. The van der Waals surface area contributed by atoms with E-state index in [4.69, 9.17) is 27.4 Å². The number of rotatable bonds is 2. The third-order valence-corrected chi connectivity index (χ3v) is 1.46. The second-order valence-corrected chi connectivity index (χ2v) is 3.63. The fourth-order valence-electron chi connectivity index (χ4n) is 0.951. The van der Waals surface area contributed by atoms with Gasteiger partial charge in [0.05, 0.1) is 19.8 Å². The fraction of sp³-hybridized carbons (Fsp3) is 0.833. The lowest BCUT2D eigenvalue weighted by Crippen LogP contribution is -2.39. The van der Waals surface area contributed by atoms with E-state index in [1.807, 2.05) is 4.90 Å². The quantitative estimate of drug-likeness (QED) is 0.514. The molecule has 15 heavy (non-hydrogen) atoms. The summed E-state index contributed by atoms with van der Waals surface area (Å²) in [5, 5.41) is 8.38. The molecule has 0 amide bonds. The van der Waals surface area contributed by atoms with Crippen LogP contribution in [0.3, 0.4) is 0 Å². The van der Waals surface area contributed by atoms with E-state index in [0.29, 0.717) is 13.2 Å². The van der Waals surface area contributed by atoms with Gasteiger partial charge in [0.25, 0.3) is 0 Å². The molecule has 0 saturated carbocycles. The molecule has 0 radical (unpaired) electrons. The fourth-order valence-corrected chi connectivity index (χ4v) is 0.951. The number of ether oxygens (including phenoxy) is 1. The summed E-state index contributed by atoms with van der Waals surface area (Å²) in [6, 6.07) is 0. The van der Waals surface area contributed by atoms with Crippen LogP contribution in [-0.2, 0) is 19.9 Å². The monoisotopic (exact) mass is 243 g/mol. The number of nitrogens with zero attached hydrogens (tertiary/aromatic N) is 1. The molecule has 0 aromatic carbocycles. The van der Waals surface area contributed by atoms with E-state index in [2.05, 4.69) is 0 Å². The molecule has 90 valence electrons. The van der Waals surface area contributed by atoms with Crippen LogP contribution in [0.2, 0.25) is 0 Å². The van der Waals surface area contributed by atoms with Crippen molar-refractivity contribution in [1.82, 2.24) is 4.90 Å². The highest BCUT2D eigenvalue weighted by Gasteiger charge is 2.12. The Labute approximate surface area is 87.0 Å². The first kappa shape index (κ1) is 14.3. The summed E-state index contributed by atoms with van der Waals surface area (Å²) in [5.41, 5.74) is 0. The van der Waals surface area contributed by atoms with Crippen molar-refractivity contribution in [2.24, 2.45) is 0 Å². The molecule has 1 heterocycles. The first-order valence-corrected chi connectivity index (χ1v) is 5.40. The first-order valence-electron chi connectivity index (χ1n) is 4.01. The first-order chi connectivity index (χ1) is 6.79. The van der Waals surface area contributed by atoms with E-state index in [1.54, 1.807) is 0 Å². The van der Waals surface area contributed by atoms with Crippen LogP contribution in [0.25, 0.3) is 0 Å². The Bertz CT molecular complexity index is 274. The zero-order valence-corrected chi connectivity index (χ0v) is 8.68. The van der Waals surface area contributed by atoms with E-state index in [1.165, 1.54) is 0 Å². The Morgan fingerprint density at radius 1 is 1.27 bits per heavy atom. The Hall–Kier alpha value is -0.740. The molecule has 9 heteroatoms. The van der Waals surface area contributed by atoms with Crippen molar-refractivity contribution < 1.29 is 32.2 Å². The molecule has 3 N–H and O–H groups in total. The Morgan fingerprint density at radius 3 is 2.00 bits per heavy atom. The number of morpholine rings is 1. The van der Waals surface area contributed by atoms with Crippen LogP contribution in [0.4, 0.5) is 0 Å². The number of hydrogen-bond acceptors (Lipinski definition) is 5. The molecule has 1 fully saturated rings. The van der Waals surface area contributed by atoms with Gasteiger partial charge in [0.2, 0.25) is 0 Å². The van der Waals surface area contributed by atoms with Crippen molar-refractivity contribution in [3.05, 3.63) is 0 Å². The van der Waals surface area contributed by atoms with Gasteiger partial charge in [0.1, 0.15) is 0 Å². The molecule has 1 saturated heterocycles. The summed E-state index contributed by atoms with van der Waals surface area (Å²) < 4.78 is 36.6. The van der Waals surface area contributed by atoms with Crippen LogP contribution in [-0.4, -0.2) is 66.3 Å². The summed E-state index contributed by atoms with van der Waals surface area (Å²) >= 11 is 0. The molecule has 8 nitrogen and oxygen atoms in total. The molecular formula is C6H13NO7S. The van der Waals surface area contributed by atoms with E-state index in [0.717, 1.165) is 13.1 Å². The number of carboxylic acids is 1. The van der Waals surface area contributed by atoms with Crippen molar-refractivity contribution in [1.29, 1.82) is 0 Å². The van der Waals surface area contributed by atoms with Gasteiger partial charge >= 0.3 is 16.4 Å². The normalized spacial score (nSPS) is 17.7. The third-order valence-electron chi connectivity index (χ3n) is 1.46. The minimum atomic E-state index is -4.67. The largest absolute Gasteiger partial charge is 0.480 e. The van der Waals surface area contributed by atoms with Crippen molar-refractivity contribution in [2.75, 3.05) is 32.8 Å². The molecule has 0 unspecified atom stereocenters. The lowest BCUT2D eigenvalue weighted by Gasteiger charge is -2.24. The highest BCUT2D eigenvalue weighted by molar-refractivity contribution is 7.79. The van der Waals surface area contributed by atoms with Crippen LogP contribution in [0.1, 0.15) is 0 Å². The van der Waals surface area contributed by atoms with Crippen molar-refractivity contribution >= 4 is 16.4 Å². The minimum absolute atomic E-state index is 0.142. The number of aliphatic carboxylic acids is 1. The van der Waals surface area contributed by atoms with Gasteiger partial charge in [-0.25, -0.2) is 0 Å². The summed E-state index contributed by atoms with van der Waals surface area (Å²) in [6.45, 7) is 2.95. The average Bonchev–Trinajstić information content (AvgIpc) is 2.01. The molecule has 0 spiro atoms. The van der Waals surface area contributed by atoms with E-state index >= 15 is 0 Å². The smallest absolute Gasteiger partial charge is 0.394 e. The Balaban J connectivity index is 0.000000336. The van der Waals surface area contributed by atoms with Gasteiger partial charge in [-0.1, -0.05) is 0 Å². The molecule has 0 aromatic rings. The van der Waals surface area contributed by atoms with Gasteiger partial charge in [0.15, 0.2) is 0 Å². The van der Waals surface area contributed by atoms with Gasteiger partial charge in [-0.2, -0.15) is 8.42 Å². The second kappa shape index (κ2) is 6.69. The highest BCUT2D eigenvalue weighted by atomic mass is 32.3. The molecule has 0 atom stereocenters. The molecule has 0 bridgehead atoms. The number of carbonyl (C=O) groups is 1. The van der Waals surface area contributed by atoms with Gasteiger partial charge < -0.3 is 9.84 Å². The summed E-state index contributed by atoms with van der Waals surface area (Å²) in [7, 11) is -4.67. The SMILES string of the molecule is O=C(O)CN1CCOCC1.O=S(=O)(O)O. The maximum Gasteiger partial charge on any atom is 0.394 e. The minimum Gasteiger partial charge on any atom is -0.480 e. The zero-order chi connectivity index (χ0) is 11.9. The zero-order valence-electron chi connectivity index (χ0n) is 7.87.